The minimum Gasteiger partial charge on any atom is -0.348 e. The predicted molar refractivity (Wildman–Crippen MR) is 154 cm³/mol. The standard InChI is InChI=1S/C31H45F2N5O2/c1-5-22(18-34)17-27(8-4)38-16-15-36(21-30(38)40)29(39)20-37-19-28(23(6-2)9-12-25(32)7-3)35-31(37)24-10-13-26(33)14-11-24/h5-6,9,24-28H,2,7-8,10-17,19-21H2,1,3-4H3/b22-5+,23-9+/t24-,25-,26+,27+,28+/m1/s1. The van der Waals surface area contributed by atoms with Gasteiger partial charge in [-0.1, -0.05) is 38.7 Å². The van der Waals surface area contributed by atoms with Crippen LogP contribution in [0.15, 0.2) is 40.9 Å². The highest BCUT2D eigenvalue weighted by Gasteiger charge is 2.37. The quantitative estimate of drug-likeness (QED) is 0.245. The van der Waals surface area contributed by atoms with Crippen molar-refractivity contribution in [2.75, 3.05) is 32.7 Å². The summed E-state index contributed by atoms with van der Waals surface area (Å²) in [5, 5.41) is 9.31. The molecule has 9 heteroatoms. The van der Waals surface area contributed by atoms with Crippen molar-refractivity contribution in [3.8, 4) is 6.07 Å². The lowest BCUT2D eigenvalue weighted by Crippen LogP contribution is -2.57. The molecule has 7 nitrogen and oxygen atoms in total. The molecule has 0 bridgehead atoms. The zero-order valence-corrected chi connectivity index (χ0v) is 24.3. The van der Waals surface area contributed by atoms with E-state index in [9.17, 15) is 23.6 Å². The van der Waals surface area contributed by atoms with E-state index >= 15 is 0 Å². The predicted octanol–water partition coefficient (Wildman–Crippen LogP) is 5.16. The van der Waals surface area contributed by atoms with Gasteiger partial charge >= 0.3 is 0 Å². The molecular formula is C31H45F2N5O2. The maximum Gasteiger partial charge on any atom is 0.242 e. The van der Waals surface area contributed by atoms with Crippen LogP contribution >= 0.6 is 0 Å². The van der Waals surface area contributed by atoms with Crippen molar-refractivity contribution in [3.63, 3.8) is 0 Å². The van der Waals surface area contributed by atoms with Crippen molar-refractivity contribution in [1.29, 1.82) is 5.26 Å². The van der Waals surface area contributed by atoms with Crippen LogP contribution in [-0.4, -0.2) is 89.5 Å². The normalized spacial score (nSPS) is 25.9. The number of nitrogens with zero attached hydrogens (tertiary/aromatic N) is 5. The SMILES string of the molecule is C=C/C(=C\C[C@H](F)CC)[C@@H]1CN(CC(=O)N2CCN([C@@H](CC)C/C(C#N)=C\C)C(=O)C2)C([C@H]2CC[C@@H](F)CC2)=N1. The van der Waals surface area contributed by atoms with Crippen LogP contribution in [0.3, 0.4) is 0 Å². The van der Waals surface area contributed by atoms with Crippen molar-refractivity contribution in [1.82, 2.24) is 14.7 Å². The van der Waals surface area contributed by atoms with Crippen molar-refractivity contribution in [2.24, 2.45) is 10.9 Å². The molecule has 220 valence electrons. The van der Waals surface area contributed by atoms with Gasteiger partial charge in [0.1, 0.15) is 18.2 Å². The van der Waals surface area contributed by atoms with Gasteiger partial charge in [0.15, 0.2) is 0 Å². The summed E-state index contributed by atoms with van der Waals surface area (Å²) >= 11 is 0. The molecule has 2 amide bonds. The van der Waals surface area contributed by atoms with Gasteiger partial charge in [0, 0.05) is 43.6 Å². The summed E-state index contributed by atoms with van der Waals surface area (Å²) in [6, 6.07) is 1.87. The molecule has 0 aromatic rings. The number of halogens is 2. The lowest BCUT2D eigenvalue weighted by atomic mass is 9.87. The van der Waals surface area contributed by atoms with E-state index in [4.69, 9.17) is 4.99 Å². The third-order valence-electron chi connectivity index (χ3n) is 8.50. The average Bonchev–Trinajstić information content (AvgIpc) is 3.37. The molecule has 3 aliphatic rings. The van der Waals surface area contributed by atoms with Crippen molar-refractivity contribution in [3.05, 3.63) is 36.0 Å². The summed E-state index contributed by atoms with van der Waals surface area (Å²) in [6.45, 7) is 11.0. The number of hydrogen-bond donors (Lipinski definition) is 0. The van der Waals surface area contributed by atoms with Gasteiger partial charge in [-0.15, -0.1) is 0 Å². The first-order valence-electron chi connectivity index (χ1n) is 14.8. The Kier molecular flexibility index (Phi) is 11.9. The number of aliphatic imine (C=N–C) groups is 1. The molecule has 3 rings (SSSR count). The van der Waals surface area contributed by atoms with Crippen LogP contribution in [0.5, 0.6) is 0 Å². The van der Waals surface area contributed by atoms with E-state index in [1.807, 2.05) is 31.7 Å². The van der Waals surface area contributed by atoms with Gasteiger partial charge in [-0.3, -0.25) is 14.6 Å². The fraction of sp³-hybridized carbons (Fsp3) is 0.677. The summed E-state index contributed by atoms with van der Waals surface area (Å²) in [5.74, 6) is 0.642. The molecule has 0 aromatic heterocycles. The lowest BCUT2D eigenvalue weighted by molar-refractivity contribution is -0.147. The smallest absolute Gasteiger partial charge is 0.242 e. The largest absolute Gasteiger partial charge is 0.348 e. The van der Waals surface area contributed by atoms with E-state index in [2.05, 4.69) is 12.6 Å². The number of nitriles is 1. The Labute approximate surface area is 238 Å². The first-order chi connectivity index (χ1) is 19.2. The number of carbonyl (C=O) groups excluding carboxylic acids is 2. The molecule has 1 aliphatic carbocycles. The minimum atomic E-state index is -0.926. The highest BCUT2D eigenvalue weighted by Crippen LogP contribution is 2.32. The second-order valence-electron chi connectivity index (χ2n) is 11.1. The van der Waals surface area contributed by atoms with Crippen LogP contribution < -0.4 is 0 Å². The van der Waals surface area contributed by atoms with Gasteiger partial charge in [0.05, 0.1) is 25.2 Å². The summed E-state index contributed by atoms with van der Waals surface area (Å²) in [4.78, 5) is 36.9. The Hall–Kier alpha value is -3.02. The first-order valence-corrected chi connectivity index (χ1v) is 14.8. The number of piperazine rings is 1. The Morgan fingerprint density at radius 3 is 2.52 bits per heavy atom. The third-order valence-corrected chi connectivity index (χ3v) is 8.50. The zero-order valence-electron chi connectivity index (χ0n) is 24.3. The fourth-order valence-electron chi connectivity index (χ4n) is 5.88. The maximum atomic E-state index is 13.9. The second-order valence-corrected chi connectivity index (χ2v) is 11.1. The van der Waals surface area contributed by atoms with E-state index in [-0.39, 0.29) is 42.9 Å². The van der Waals surface area contributed by atoms with Gasteiger partial charge in [-0.2, -0.15) is 5.26 Å². The minimum absolute atomic E-state index is 0.0104. The molecule has 0 unspecified atom stereocenters. The van der Waals surface area contributed by atoms with E-state index in [1.54, 1.807) is 22.0 Å². The number of amidine groups is 1. The van der Waals surface area contributed by atoms with Gasteiger partial charge < -0.3 is 14.7 Å². The highest BCUT2D eigenvalue weighted by atomic mass is 19.1. The first kappa shape index (κ1) is 31.5. The Bertz CT molecular complexity index is 1040. The number of allylic oxidation sites excluding steroid dienone is 2. The third kappa shape index (κ3) is 8.02. The van der Waals surface area contributed by atoms with Crippen molar-refractivity contribution in [2.45, 2.75) is 96.6 Å². The van der Waals surface area contributed by atoms with Gasteiger partial charge in [-0.05, 0) is 57.4 Å². The Morgan fingerprint density at radius 2 is 1.95 bits per heavy atom. The molecule has 0 spiro atoms. The molecule has 2 heterocycles. The molecule has 2 aliphatic heterocycles. The molecule has 3 atom stereocenters. The number of carbonyl (C=O) groups is 2. The van der Waals surface area contributed by atoms with E-state index < -0.39 is 12.3 Å². The average molecular weight is 558 g/mol. The Balaban J connectivity index is 1.70. The topological polar surface area (TPSA) is 80.0 Å². The van der Waals surface area contributed by atoms with Crippen LogP contribution in [0.1, 0.15) is 72.1 Å². The van der Waals surface area contributed by atoms with Crippen LogP contribution in [-0.2, 0) is 9.59 Å². The van der Waals surface area contributed by atoms with Crippen molar-refractivity contribution >= 4 is 17.6 Å². The van der Waals surface area contributed by atoms with Crippen LogP contribution in [0, 0.1) is 17.2 Å². The summed E-state index contributed by atoms with van der Waals surface area (Å²) in [5.41, 5.74) is 1.50. The van der Waals surface area contributed by atoms with Gasteiger partial charge in [0.2, 0.25) is 11.8 Å². The molecule has 40 heavy (non-hydrogen) atoms. The van der Waals surface area contributed by atoms with E-state index in [0.29, 0.717) is 70.2 Å². The molecule has 1 saturated carbocycles. The van der Waals surface area contributed by atoms with E-state index in [1.165, 1.54) is 0 Å². The number of amides is 2. The number of rotatable bonds is 12. The van der Waals surface area contributed by atoms with E-state index in [0.717, 1.165) is 17.8 Å². The number of alkyl halides is 2. The van der Waals surface area contributed by atoms with Crippen LogP contribution in [0.4, 0.5) is 8.78 Å². The van der Waals surface area contributed by atoms with Crippen molar-refractivity contribution < 1.29 is 18.4 Å². The van der Waals surface area contributed by atoms with Crippen LogP contribution in [0.25, 0.3) is 0 Å². The molecular weight excluding hydrogens is 512 g/mol. The maximum absolute atomic E-state index is 13.9. The van der Waals surface area contributed by atoms with Gasteiger partial charge in [0.25, 0.3) is 0 Å². The fourth-order valence-corrected chi connectivity index (χ4v) is 5.88. The summed E-state index contributed by atoms with van der Waals surface area (Å²) in [6.07, 6.45) is 7.92. The molecule has 0 aromatic carbocycles. The molecule has 1 saturated heterocycles. The van der Waals surface area contributed by atoms with Crippen LogP contribution in [0.2, 0.25) is 0 Å². The molecule has 2 fully saturated rings. The monoisotopic (exact) mass is 557 g/mol. The number of hydrogen-bond acceptors (Lipinski definition) is 5. The van der Waals surface area contributed by atoms with Gasteiger partial charge in [-0.25, -0.2) is 8.78 Å². The lowest BCUT2D eigenvalue weighted by Gasteiger charge is -2.39. The molecule has 0 N–H and O–H groups in total. The zero-order chi connectivity index (χ0) is 29.2. The summed E-state index contributed by atoms with van der Waals surface area (Å²) < 4.78 is 27.8. The molecule has 0 radical (unpaired) electrons. The second kappa shape index (κ2) is 15.1. The Morgan fingerprint density at radius 1 is 1.23 bits per heavy atom. The highest BCUT2D eigenvalue weighted by molar-refractivity contribution is 5.92. The summed E-state index contributed by atoms with van der Waals surface area (Å²) in [7, 11) is 0.